The van der Waals surface area contributed by atoms with Crippen LogP contribution < -0.4 is 10.5 Å². The van der Waals surface area contributed by atoms with Crippen molar-refractivity contribution in [3.05, 3.63) is 58.1 Å². The largest absolute Gasteiger partial charge is 0.457 e. The smallest absolute Gasteiger partial charge is 0.127 e. The van der Waals surface area contributed by atoms with Gasteiger partial charge >= 0.3 is 0 Å². The maximum Gasteiger partial charge on any atom is 0.127 e. The molecule has 2 rings (SSSR count). The van der Waals surface area contributed by atoms with E-state index in [2.05, 4.69) is 26.0 Å². The van der Waals surface area contributed by atoms with Gasteiger partial charge in [-0.3, -0.25) is 0 Å². The number of benzene rings is 2. The van der Waals surface area contributed by atoms with Crippen LogP contribution in [0.25, 0.3) is 0 Å². The summed E-state index contributed by atoms with van der Waals surface area (Å²) in [4.78, 5) is 0. The molecule has 3 heteroatoms. The second-order valence-electron chi connectivity index (χ2n) is 5.48. The van der Waals surface area contributed by atoms with E-state index in [9.17, 15) is 0 Å². The van der Waals surface area contributed by atoms with E-state index in [1.54, 1.807) is 0 Å². The highest BCUT2D eigenvalue weighted by molar-refractivity contribution is 6.31. The van der Waals surface area contributed by atoms with E-state index >= 15 is 0 Å². The van der Waals surface area contributed by atoms with Crippen LogP contribution in [0.5, 0.6) is 11.5 Å². The van der Waals surface area contributed by atoms with Crippen LogP contribution in [0.2, 0.25) is 5.02 Å². The van der Waals surface area contributed by atoms with E-state index < -0.39 is 0 Å². The number of aryl methyl sites for hydroxylation is 2. The predicted molar refractivity (Wildman–Crippen MR) is 89.4 cm³/mol. The van der Waals surface area contributed by atoms with Crippen molar-refractivity contribution in [2.24, 2.45) is 5.73 Å². The second-order valence-corrected chi connectivity index (χ2v) is 5.89. The van der Waals surface area contributed by atoms with E-state index in [1.807, 2.05) is 31.2 Å². The maximum atomic E-state index is 6.13. The van der Waals surface area contributed by atoms with Gasteiger partial charge < -0.3 is 10.5 Å². The highest BCUT2D eigenvalue weighted by atomic mass is 35.5. The van der Waals surface area contributed by atoms with Crippen LogP contribution in [-0.4, -0.2) is 6.04 Å². The Bertz CT molecular complexity index is 623. The Morgan fingerprint density at radius 2 is 1.76 bits per heavy atom. The Balaban J connectivity index is 2.18. The van der Waals surface area contributed by atoms with Gasteiger partial charge in [-0.05, 0) is 73.7 Å². The summed E-state index contributed by atoms with van der Waals surface area (Å²) in [5, 5.41) is 0.785. The average Bonchev–Trinajstić information content (AvgIpc) is 2.43. The van der Waals surface area contributed by atoms with Crippen LogP contribution in [0.15, 0.2) is 36.4 Å². The molecule has 0 aliphatic rings. The van der Waals surface area contributed by atoms with Crippen molar-refractivity contribution in [2.75, 3.05) is 0 Å². The molecule has 0 amide bonds. The molecular weight excluding hydrogens is 282 g/mol. The number of ether oxygens (including phenoxy) is 1. The Labute approximate surface area is 131 Å². The van der Waals surface area contributed by atoms with Crippen molar-refractivity contribution < 1.29 is 4.74 Å². The zero-order valence-corrected chi connectivity index (χ0v) is 13.6. The minimum absolute atomic E-state index is 0.166. The van der Waals surface area contributed by atoms with Crippen LogP contribution in [0.1, 0.15) is 30.5 Å². The Morgan fingerprint density at radius 1 is 1.10 bits per heavy atom. The molecule has 0 saturated carbocycles. The second kappa shape index (κ2) is 6.97. The summed E-state index contributed by atoms with van der Waals surface area (Å²) >= 11 is 6.13. The zero-order chi connectivity index (χ0) is 15.4. The lowest BCUT2D eigenvalue weighted by molar-refractivity contribution is 0.481. The van der Waals surface area contributed by atoms with Gasteiger partial charge in [0.25, 0.3) is 0 Å². The van der Waals surface area contributed by atoms with E-state index in [0.717, 1.165) is 34.9 Å². The molecule has 0 saturated heterocycles. The van der Waals surface area contributed by atoms with Gasteiger partial charge in [0.05, 0.1) is 0 Å². The molecule has 0 aliphatic carbocycles. The first-order valence-corrected chi connectivity index (χ1v) is 7.68. The van der Waals surface area contributed by atoms with Crippen LogP contribution in [0, 0.1) is 6.92 Å². The standard InChI is InChI=1S/C18H22ClNO/c1-4-14-11-17(7-8-18(14)19)21-16-6-5-15(10-13(3)20)12(2)9-16/h5-9,11,13H,4,10,20H2,1-3H3. The minimum Gasteiger partial charge on any atom is -0.457 e. The summed E-state index contributed by atoms with van der Waals surface area (Å²) in [6.07, 6.45) is 1.77. The van der Waals surface area contributed by atoms with E-state index in [-0.39, 0.29) is 6.04 Å². The lowest BCUT2D eigenvalue weighted by Gasteiger charge is -2.12. The summed E-state index contributed by atoms with van der Waals surface area (Å²) in [6.45, 7) is 6.19. The molecule has 0 bridgehead atoms. The van der Waals surface area contributed by atoms with Gasteiger partial charge in [0.1, 0.15) is 11.5 Å². The van der Waals surface area contributed by atoms with Crippen LogP contribution in [-0.2, 0) is 12.8 Å². The highest BCUT2D eigenvalue weighted by Gasteiger charge is 2.06. The average molecular weight is 304 g/mol. The predicted octanol–water partition coefficient (Wildman–Crippen LogP) is 4.89. The van der Waals surface area contributed by atoms with E-state index in [1.165, 1.54) is 11.1 Å². The third-order valence-corrected chi connectivity index (χ3v) is 3.86. The third-order valence-electron chi connectivity index (χ3n) is 3.49. The van der Waals surface area contributed by atoms with Gasteiger partial charge in [-0.15, -0.1) is 0 Å². The molecule has 2 aromatic carbocycles. The fourth-order valence-corrected chi connectivity index (χ4v) is 2.58. The number of hydrogen-bond donors (Lipinski definition) is 1. The summed E-state index contributed by atoms with van der Waals surface area (Å²) in [7, 11) is 0. The Kier molecular flexibility index (Phi) is 5.27. The molecule has 2 aromatic rings. The monoisotopic (exact) mass is 303 g/mol. The molecule has 21 heavy (non-hydrogen) atoms. The van der Waals surface area contributed by atoms with Gasteiger partial charge in [0.2, 0.25) is 0 Å². The first-order valence-electron chi connectivity index (χ1n) is 7.31. The number of hydrogen-bond acceptors (Lipinski definition) is 2. The summed E-state index contributed by atoms with van der Waals surface area (Å²) < 4.78 is 5.93. The van der Waals surface area contributed by atoms with Crippen molar-refractivity contribution in [2.45, 2.75) is 39.7 Å². The molecular formula is C18H22ClNO. The topological polar surface area (TPSA) is 35.2 Å². The molecule has 0 aliphatic heterocycles. The molecule has 0 radical (unpaired) electrons. The van der Waals surface area contributed by atoms with Gasteiger partial charge in [0, 0.05) is 11.1 Å². The van der Waals surface area contributed by atoms with Crippen molar-refractivity contribution in [1.82, 2.24) is 0 Å². The van der Waals surface area contributed by atoms with Crippen molar-refractivity contribution >= 4 is 11.6 Å². The first-order chi connectivity index (χ1) is 9.99. The molecule has 112 valence electrons. The third kappa shape index (κ3) is 4.23. The fraction of sp³-hybridized carbons (Fsp3) is 0.333. The highest BCUT2D eigenvalue weighted by Crippen LogP contribution is 2.28. The quantitative estimate of drug-likeness (QED) is 0.853. The number of nitrogens with two attached hydrogens (primary N) is 1. The maximum absolute atomic E-state index is 6.13. The van der Waals surface area contributed by atoms with E-state index in [0.29, 0.717) is 0 Å². The van der Waals surface area contributed by atoms with Crippen molar-refractivity contribution in [1.29, 1.82) is 0 Å². The Hall–Kier alpha value is -1.51. The van der Waals surface area contributed by atoms with Crippen LogP contribution in [0.4, 0.5) is 0 Å². The molecule has 0 fully saturated rings. The molecule has 0 heterocycles. The molecule has 0 spiro atoms. The molecule has 1 atom stereocenters. The lowest BCUT2D eigenvalue weighted by atomic mass is 10.0. The minimum atomic E-state index is 0.166. The normalized spacial score (nSPS) is 12.2. The van der Waals surface area contributed by atoms with Gasteiger partial charge in [-0.1, -0.05) is 24.6 Å². The SMILES string of the molecule is CCc1cc(Oc2ccc(CC(C)N)c(C)c2)ccc1Cl. The fourth-order valence-electron chi connectivity index (χ4n) is 2.33. The van der Waals surface area contributed by atoms with Crippen molar-refractivity contribution in [3.8, 4) is 11.5 Å². The van der Waals surface area contributed by atoms with Gasteiger partial charge in [0.15, 0.2) is 0 Å². The summed E-state index contributed by atoms with van der Waals surface area (Å²) in [5.41, 5.74) is 9.42. The number of rotatable bonds is 5. The van der Waals surface area contributed by atoms with Crippen molar-refractivity contribution in [3.63, 3.8) is 0 Å². The lowest BCUT2D eigenvalue weighted by Crippen LogP contribution is -2.18. The number of halogens is 1. The molecule has 2 N–H and O–H groups in total. The van der Waals surface area contributed by atoms with Gasteiger partial charge in [-0.2, -0.15) is 0 Å². The Morgan fingerprint density at radius 3 is 2.38 bits per heavy atom. The molecule has 0 aromatic heterocycles. The van der Waals surface area contributed by atoms with Crippen LogP contribution >= 0.6 is 11.6 Å². The van der Waals surface area contributed by atoms with E-state index in [4.69, 9.17) is 22.1 Å². The van der Waals surface area contributed by atoms with Gasteiger partial charge in [-0.25, -0.2) is 0 Å². The van der Waals surface area contributed by atoms with Crippen LogP contribution in [0.3, 0.4) is 0 Å². The zero-order valence-electron chi connectivity index (χ0n) is 12.8. The first kappa shape index (κ1) is 15.9. The summed E-state index contributed by atoms with van der Waals surface area (Å²) in [6, 6.07) is 12.1. The molecule has 2 nitrogen and oxygen atoms in total. The molecule has 1 unspecified atom stereocenters. The summed E-state index contributed by atoms with van der Waals surface area (Å²) in [5.74, 6) is 1.65.